The van der Waals surface area contributed by atoms with Crippen LogP contribution in [0.5, 0.6) is 0 Å². The van der Waals surface area contributed by atoms with E-state index in [9.17, 15) is 14.3 Å². The van der Waals surface area contributed by atoms with Gasteiger partial charge in [-0.1, -0.05) is 12.2 Å². The lowest BCUT2D eigenvalue weighted by atomic mass is 10.1. The van der Waals surface area contributed by atoms with Crippen molar-refractivity contribution < 1.29 is 14.3 Å². The van der Waals surface area contributed by atoms with E-state index < -0.39 is 18.0 Å². The molecule has 2 N–H and O–H groups in total. The summed E-state index contributed by atoms with van der Waals surface area (Å²) in [5, 5.41) is 18.3. The van der Waals surface area contributed by atoms with Crippen molar-refractivity contribution in [3.8, 4) is 5.82 Å². The molecule has 0 aromatic carbocycles. The minimum atomic E-state index is -1.06. The molecule has 1 aliphatic carbocycles. The Kier molecular flexibility index (Phi) is 4.51. The maximum Gasteiger partial charge on any atom is 0.245 e. The number of aromatic nitrogens is 4. The summed E-state index contributed by atoms with van der Waals surface area (Å²) in [5.74, 6) is 0.694. The van der Waals surface area contributed by atoms with Crippen LogP contribution in [0.3, 0.4) is 0 Å². The third kappa shape index (κ3) is 3.22. The van der Waals surface area contributed by atoms with E-state index in [1.54, 1.807) is 27.9 Å². The van der Waals surface area contributed by atoms with Crippen molar-refractivity contribution in [1.82, 2.24) is 19.7 Å². The number of carbonyl (C=O) groups excluding carboxylic acids is 1. The lowest BCUT2D eigenvalue weighted by Crippen LogP contribution is -2.40. The highest BCUT2D eigenvalue weighted by Gasteiger charge is 2.34. The van der Waals surface area contributed by atoms with Crippen LogP contribution in [0.1, 0.15) is 36.2 Å². The molecular weight excluding hydrogens is 387 g/mol. The molecule has 2 aliphatic rings. The number of halogens is 1. The summed E-state index contributed by atoms with van der Waals surface area (Å²) in [6.45, 7) is -0.139. The lowest BCUT2D eigenvalue weighted by molar-refractivity contribution is -0.115. The Bertz CT molecular complexity index is 1130. The van der Waals surface area contributed by atoms with Crippen LogP contribution in [-0.2, 0) is 4.79 Å². The molecule has 3 aromatic heterocycles. The molecule has 0 fully saturated rings. The SMILES string of the molecule is O=C(CN1c2cc(C3C=CCC3)nn2-c2ncccc2C1O)Nc1ccc(F)cn1. The third-order valence-corrected chi connectivity index (χ3v) is 5.30. The van der Waals surface area contributed by atoms with Crippen LogP contribution in [0.25, 0.3) is 5.82 Å². The topological polar surface area (TPSA) is 96.2 Å². The predicted molar refractivity (Wildman–Crippen MR) is 108 cm³/mol. The first-order chi connectivity index (χ1) is 14.6. The molecular formula is C21H19FN6O2. The van der Waals surface area contributed by atoms with Crippen molar-refractivity contribution >= 4 is 17.5 Å². The maximum absolute atomic E-state index is 13.0. The lowest BCUT2D eigenvalue weighted by Gasteiger charge is -2.34. The van der Waals surface area contributed by atoms with E-state index in [0.29, 0.717) is 17.2 Å². The molecule has 1 aliphatic heterocycles. The van der Waals surface area contributed by atoms with Crippen LogP contribution in [0.15, 0.2) is 54.9 Å². The van der Waals surface area contributed by atoms with Gasteiger partial charge in [0.1, 0.15) is 24.0 Å². The molecule has 30 heavy (non-hydrogen) atoms. The van der Waals surface area contributed by atoms with Gasteiger partial charge in [0, 0.05) is 23.7 Å². The summed E-state index contributed by atoms with van der Waals surface area (Å²) in [6, 6.07) is 7.99. The Morgan fingerprint density at radius 1 is 1.30 bits per heavy atom. The average Bonchev–Trinajstić information content (AvgIpc) is 3.43. The molecule has 2 unspecified atom stereocenters. The smallest absolute Gasteiger partial charge is 0.245 e. The number of aliphatic hydroxyl groups is 1. The number of hydrogen-bond acceptors (Lipinski definition) is 6. The Morgan fingerprint density at radius 3 is 2.97 bits per heavy atom. The number of nitrogens with zero attached hydrogens (tertiary/aromatic N) is 5. The fourth-order valence-corrected chi connectivity index (χ4v) is 3.84. The molecule has 0 saturated heterocycles. The van der Waals surface area contributed by atoms with E-state index in [0.717, 1.165) is 24.7 Å². The van der Waals surface area contributed by atoms with Crippen LogP contribution in [0.4, 0.5) is 16.0 Å². The van der Waals surface area contributed by atoms with E-state index in [-0.39, 0.29) is 18.3 Å². The minimum Gasteiger partial charge on any atom is -0.369 e. The summed E-state index contributed by atoms with van der Waals surface area (Å²) >= 11 is 0. The highest BCUT2D eigenvalue weighted by Crippen LogP contribution is 2.38. The van der Waals surface area contributed by atoms with Gasteiger partial charge < -0.3 is 15.3 Å². The number of nitrogens with one attached hydrogen (secondary N) is 1. The van der Waals surface area contributed by atoms with Crippen molar-refractivity contribution in [3.63, 3.8) is 0 Å². The molecule has 0 radical (unpaired) electrons. The number of rotatable bonds is 4. The fraction of sp³-hybridized carbons (Fsp3) is 0.238. The number of amides is 1. The minimum absolute atomic E-state index is 0.139. The molecule has 152 valence electrons. The first-order valence-corrected chi connectivity index (χ1v) is 9.68. The highest BCUT2D eigenvalue weighted by atomic mass is 19.1. The van der Waals surface area contributed by atoms with Crippen molar-refractivity contribution in [2.45, 2.75) is 25.0 Å². The van der Waals surface area contributed by atoms with Crippen molar-refractivity contribution in [1.29, 1.82) is 0 Å². The van der Waals surface area contributed by atoms with E-state index in [1.165, 1.54) is 12.1 Å². The number of pyridine rings is 2. The highest BCUT2D eigenvalue weighted by molar-refractivity contribution is 5.93. The predicted octanol–water partition coefficient (Wildman–Crippen LogP) is 2.68. The van der Waals surface area contributed by atoms with E-state index in [1.807, 2.05) is 6.07 Å². The Morgan fingerprint density at radius 2 is 2.20 bits per heavy atom. The summed E-state index contributed by atoms with van der Waals surface area (Å²) < 4.78 is 14.7. The van der Waals surface area contributed by atoms with Crippen molar-refractivity contribution in [3.05, 3.63) is 72.0 Å². The van der Waals surface area contributed by atoms with Gasteiger partial charge in [0.25, 0.3) is 0 Å². The second-order valence-corrected chi connectivity index (χ2v) is 7.28. The van der Waals surface area contributed by atoms with Crippen molar-refractivity contribution in [2.75, 3.05) is 16.8 Å². The fourth-order valence-electron chi connectivity index (χ4n) is 3.84. The average molecular weight is 406 g/mol. The first-order valence-electron chi connectivity index (χ1n) is 9.68. The van der Waals surface area contributed by atoms with Gasteiger partial charge in [-0.3, -0.25) is 4.79 Å². The molecule has 9 heteroatoms. The van der Waals surface area contributed by atoms with Gasteiger partial charge in [-0.05, 0) is 37.1 Å². The number of hydrogen-bond donors (Lipinski definition) is 2. The largest absolute Gasteiger partial charge is 0.369 e. The molecule has 0 bridgehead atoms. The standard InChI is InChI=1S/C21H19FN6O2/c22-14-7-8-17(24-11-14)25-18(29)12-27-19-10-16(13-4-1-2-5-13)26-28(19)20-15(21(27)30)6-3-9-23-20/h1,3-4,6-11,13,21,30H,2,5,12H2,(H,24,25,29). The molecule has 3 aromatic rings. The monoisotopic (exact) mass is 406 g/mol. The normalized spacial score (nSPS) is 19.5. The van der Waals surface area contributed by atoms with E-state index >= 15 is 0 Å². The zero-order valence-corrected chi connectivity index (χ0v) is 15.9. The third-order valence-electron chi connectivity index (χ3n) is 5.30. The van der Waals surface area contributed by atoms with Gasteiger partial charge in [-0.15, -0.1) is 0 Å². The second-order valence-electron chi connectivity index (χ2n) is 7.28. The van der Waals surface area contributed by atoms with Gasteiger partial charge in [-0.2, -0.15) is 9.78 Å². The van der Waals surface area contributed by atoms with Crippen LogP contribution < -0.4 is 10.2 Å². The molecule has 4 heterocycles. The Balaban J connectivity index is 1.47. The Hall–Kier alpha value is -3.59. The summed E-state index contributed by atoms with van der Waals surface area (Å²) in [5.41, 5.74) is 1.43. The van der Waals surface area contributed by atoms with E-state index in [4.69, 9.17) is 5.10 Å². The number of allylic oxidation sites excluding steroid dienone is 2. The summed E-state index contributed by atoms with van der Waals surface area (Å²) in [7, 11) is 0. The number of carbonyl (C=O) groups is 1. The van der Waals surface area contributed by atoms with Crippen molar-refractivity contribution in [2.24, 2.45) is 0 Å². The van der Waals surface area contributed by atoms with Gasteiger partial charge in [0.05, 0.1) is 11.9 Å². The molecule has 0 saturated carbocycles. The Labute approximate surface area is 171 Å². The molecule has 0 spiro atoms. The quantitative estimate of drug-likeness (QED) is 0.647. The zero-order valence-electron chi connectivity index (χ0n) is 15.9. The second kappa shape index (κ2) is 7.34. The van der Waals surface area contributed by atoms with Crippen LogP contribution in [0.2, 0.25) is 0 Å². The van der Waals surface area contributed by atoms with Crippen LogP contribution in [-0.4, -0.2) is 37.3 Å². The van der Waals surface area contributed by atoms with Gasteiger partial charge in [0.2, 0.25) is 5.91 Å². The molecule has 8 nitrogen and oxygen atoms in total. The van der Waals surface area contributed by atoms with Crippen LogP contribution >= 0.6 is 0 Å². The van der Waals surface area contributed by atoms with E-state index in [2.05, 4.69) is 27.4 Å². The number of aliphatic hydroxyl groups excluding tert-OH is 1. The number of fused-ring (bicyclic) bond motifs is 3. The van der Waals surface area contributed by atoms with Gasteiger partial charge in [-0.25, -0.2) is 14.4 Å². The molecule has 2 atom stereocenters. The molecule has 5 rings (SSSR count). The van der Waals surface area contributed by atoms with Gasteiger partial charge >= 0.3 is 0 Å². The maximum atomic E-state index is 13.0. The number of anilines is 2. The van der Waals surface area contributed by atoms with Gasteiger partial charge in [0.15, 0.2) is 12.0 Å². The molecule has 1 amide bonds. The summed E-state index contributed by atoms with van der Waals surface area (Å²) in [4.78, 5) is 22.4. The zero-order chi connectivity index (χ0) is 20.7. The summed E-state index contributed by atoms with van der Waals surface area (Å²) in [6.07, 6.45) is 7.85. The first kappa shape index (κ1) is 18.4. The van der Waals surface area contributed by atoms with Crippen LogP contribution in [0, 0.1) is 5.82 Å².